The molecule has 0 heterocycles. The fourth-order valence-electron chi connectivity index (χ4n) is 1.70. The van der Waals surface area contributed by atoms with Gasteiger partial charge in [0.2, 0.25) is 0 Å². The van der Waals surface area contributed by atoms with E-state index in [1.54, 1.807) is 12.1 Å². The predicted molar refractivity (Wildman–Crippen MR) is 60.5 cm³/mol. The van der Waals surface area contributed by atoms with Gasteiger partial charge in [0.05, 0.1) is 0 Å². The topological polar surface area (TPSA) is 49.7 Å². The van der Waals surface area contributed by atoms with Crippen molar-refractivity contribution in [2.45, 2.75) is 6.36 Å². The Morgan fingerprint density at radius 1 is 1.06 bits per heavy atom. The molecule has 0 fully saturated rings. The molecule has 0 unspecified atom stereocenters. The van der Waals surface area contributed by atoms with Crippen LogP contribution in [0.1, 0.15) is 0 Å². The van der Waals surface area contributed by atoms with Crippen molar-refractivity contribution < 1.29 is 28.0 Å². The zero-order valence-corrected chi connectivity index (χ0v) is 8.98. The molecule has 0 atom stereocenters. The Balaban J connectivity index is 2.52. The number of fused-ring (bicyclic) bond motifs is 1. The van der Waals surface area contributed by atoms with Gasteiger partial charge >= 0.3 is 13.5 Å². The number of ether oxygens (including phenoxy) is 1. The van der Waals surface area contributed by atoms with Crippen LogP contribution in [0.25, 0.3) is 10.8 Å². The van der Waals surface area contributed by atoms with Crippen LogP contribution in [0.15, 0.2) is 36.4 Å². The molecule has 94 valence electrons. The zero-order chi connectivity index (χ0) is 13.3. The Hall–Kier alpha value is -1.73. The van der Waals surface area contributed by atoms with E-state index in [1.165, 1.54) is 18.2 Å². The fraction of sp³-hybridized carbons (Fsp3) is 0.0909. The summed E-state index contributed by atoms with van der Waals surface area (Å²) in [5, 5.41) is 19.2. The van der Waals surface area contributed by atoms with Crippen LogP contribution < -0.4 is 10.2 Å². The third-order valence-corrected chi connectivity index (χ3v) is 2.40. The third-order valence-electron chi connectivity index (χ3n) is 2.40. The van der Waals surface area contributed by atoms with Crippen molar-refractivity contribution in [1.29, 1.82) is 0 Å². The van der Waals surface area contributed by atoms with Crippen molar-refractivity contribution >= 4 is 23.4 Å². The van der Waals surface area contributed by atoms with Crippen LogP contribution in [-0.2, 0) is 0 Å². The molecule has 3 nitrogen and oxygen atoms in total. The highest BCUT2D eigenvalue weighted by Gasteiger charge is 2.31. The van der Waals surface area contributed by atoms with Gasteiger partial charge < -0.3 is 14.8 Å². The van der Waals surface area contributed by atoms with Gasteiger partial charge in [0, 0.05) is 0 Å². The van der Waals surface area contributed by atoms with Crippen molar-refractivity contribution in [2.24, 2.45) is 0 Å². The van der Waals surface area contributed by atoms with Crippen molar-refractivity contribution in [1.82, 2.24) is 0 Å². The zero-order valence-electron chi connectivity index (χ0n) is 8.98. The minimum absolute atomic E-state index is 0.125. The maximum atomic E-state index is 12.1. The van der Waals surface area contributed by atoms with Crippen molar-refractivity contribution in [2.75, 3.05) is 0 Å². The van der Waals surface area contributed by atoms with Gasteiger partial charge in [-0.2, -0.15) is 0 Å². The Kier molecular flexibility index (Phi) is 3.19. The SMILES string of the molecule is OB(O)c1cccc2ccc(OC(F)(F)F)cc12. The first kappa shape index (κ1) is 12.7. The molecule has 2 aromatic carbocycles. The standard InChI is InChI=1S/C11H8BF3O3/c13-11(14,15)18-8-5-4-7-2-1-3-10(12(16)17)9(7)6-8/h1-6,16-17H. The summed E-state index contributed by atoms with van der Waals surface area (Å²) in [6.07, 6.45) is -4.78. The van der Waals surface area contributed by atoms with E-state index in [2.05, 4.69) is 4.74 Å². The second-order valence-electron chi connectivity index (χ2n) is 3.65. The van der Waals surface area contributed by atoms with Gasteiger partial charge in [0.1, 0.15) is 5.75 Å². The highest BCUT2D eigenvalue weighted by molar-refractivity contribution is 6.62. The molecule has 0 aromatic heterocycles. The molecular weight excluding hydrogens is 248 g/mol. The Labute approximate surface area is 101 Å². The lowest BCUT2D eigenvalue weighted by molar-refractivity contribution is -0.274. The van der Waals surface area contributed by atoms with Gasteiger partial charge in [0.25, 0.3) is 0 Å². The smallest absolute Gasteiger partial charge is 0.423 e. The Morgan fingerprint density at radius 3 is 2.39 bits per heavy atom. The number of halogens is 3. The summed E-state index contributed by atoms with van der Waals surface area (Å²) in [6, 6.07) is 8.37. The van der Waals surface area contributed by atoms with Crippen LogP contribution in [0.5, 0.6) is 5.75 Å². The fourth-order valence-corrected chi connectivity index (χ4v) is 1.70. The normalized spacial score (nSPS) is 11.6. The lowest BCUT2D eigenvalue weighted by atomic mass is 9.77. The molecule has 0 saturated heterocycles. The molecule has 0 amide bonds. The number of hydrogen-bond donors (Lipinski definition) is 2. The van der Waals surface area contributed by atoms with E-state index < -0.39 is 19.2 Å². The number of benzene rings is 2. The molecule has 7 heteroatoms. The van der Waals surface area contributed by atoms with E-state index in [4.69, 9.17) is 10.0 Å². The number of rotatable bonds is 2. The Bertz CT molecular complexity index is 569. The van der Waals surface area contributed by atoms with Crippen molar-refractivity contribution in [3.8, 4) is 5.75 Å². The summed E-state index contributed by atoms with van der Waals surface area (Å²) in [4.78, 5) is 0. The van der Waals surface area contributed by atoms with Gasteiger partial charge in [-0.25, -0.2) is 0 Å². The molecule has 0 saturated carbocycles. The van der Waals surface area contributed by atoms with Gasteiger partial charge in [-0.05, 0) is 28.4 Å². The van der Waals surface area contributed by atoms with E-state index >= 15 is 0 Å². The van der Waals surface area contributed by atoms with Crippen molar-refractivity contribution in [3.63, 3.8) is 0 Å². The van der Waals surface area contributed by atoms with Crippen LogP contribution in [0.3, 0.4) is 0 Å². The van der Waals surface area contributed by atoms with E-state index in [1.807, 2.05) is 0 Å². The summed E-state index contributed by atoms with van der Waals surface area (Å²) in [6.45, 7) is 0. The van der Waals surface area contributed by atoms with Gasteiger partial charge in [-0.15, -0.1) is 13.2 Å². The van der Waals surface area contributed by atoms with E-state index in [0.29, 0.717) is 10.8 Å². The molecule has 2 N–H and O–H groups in total. The summed E-state index contributed by atoms with van der Waals surface area (Å²) < 4.78 is 40.0. The molecule has 0 aliphatic rings. The lowest BCUT2D eigenvalue weighted by Gasteiger charge is -2.11. The first-order valence-electron chi connectivity index (χ1n) is 5.01. The molecular formula is C11H8BF3O3. The molecule has 2 rings (SSSR count). The average molecular weight is 256 g/mol. The summed E-state index contributed by atoms with van der Waals surface area (Å²) in [5.74, 6) is -0.400. The highest BCUT2D eigenvalue weighted by atomic mass is 19.4. The summed E-state index contributed by atoms with van der Waals surface area (Å²) >= 11 is 0. The second kappa shape index (κ2) is 4.51. The molecule has 0 radical (unpaired) electrons. The molecule has 0 spiro atoms. The minimum atomic E-state index is -4.78. The Morgan fingerprint density at radius 2 is 1.78 bits per heavy atom. The van der Waals surface area contributed by atoms with Crippen LogP contribution in [0.4, 0.5) is 13.2 Å². The summed E-state index contributed by atoms with van der Waals surface area (Å²) in [7, 11) is -1.75. The van der Waals surface area contributed by atoms with Crippen LogP contribution >= 0.6 is 0 Å². The minimum Gasteiger partial charge on any atom is -0.423 e. The van der Waals surface area contributed by atoms with E-state index in [9.17, 15) is 13.2 Å². The number of hydrogen-bond acceptors (Lipinski definition) is 3. The molecule has 0 aliphatic carbocycles. The molecule has 2 aromatic rings. The van der Waals surface area contributed by atoms with Gasteiger partial charge in [0.15, 0.2) is 0 Å². The monoisotopic (exact) mass is 256 g/mol. The van der Waals surface area contributed by atoms with Crippen LogP contribution in [0, 0.1) is 0 Å². The summed E-state index contributed by atoms with van der Waals surface area (Å²) in [5.41, 5.74) is 0.125. The first-order valence-corrected chi connectivity index (χ1v) is 5.01. The average Bonchev–Trinajstić information content (AvgIpc) is 2.25. The molecule has 0 bridgehead atoms. The third kappa shape index (κ3) is 2.74. The van der Waals surface area contributed by atoms with E-state index in [-0.39, 0.29) is 5.46 Å². The second-order valence-corrected chi connectivity index (χ2v) is 3.65. The van der Waals surface area contributed by atoms with Crippen LogP contribution in [0.2, 0.25) is 0 Å². The highest BCUT2D eigenvalue weighted by Crippen LogP contribution is 2.25. The first-order chi connectivity index (χ1) is 8.37. The number of alkyl halides is 3. The van der Waals surface area contributed by atoms with Gasteiger partial charge in [-0.3, -0.25) is 0 Å². The van der Waals surface area contributed by atoms with E-state index in [0.717, 1.165) is 6.07 Å². The predicted octanol–water partition coefficient (Wildman–Crippen LogP) is 1.42. The van der Waals surface area contributed by atoms with Crippen LogP contribution in [-0.4, -0.2) is 23.5 Å². The quantitative estimate of drug-likeness (QED) is 0.799. The molecule has 0 aliphatic heterocycles. The van der Waals surface area contributed by atoms with Crippen molar-refractivity contribution in [3.05, 3.63) is 36.4 Å². The van der Waals surface area contributed by atoms with Gasteiger partial charge in [-0.1, -0.05) is 24.3 Å². The molecule has 18 heavy (non-hydrogen) atoms. The lowest BCUT2D eigenvalue weighted by Crippen LogP contribution is -2.30. The largest absolute Gasteiger partial charge is 0.573 e. The maximum Gasteiger partial charge on any atom is 0.573 e. The maximum absolute atomic E-state index is 12.1.